The summed E-state index contributed by atoms with van der Waals surface area (Å²) in [7, 11) is 0. The van der Waals surface area contributed by atoms with Gasteiger partial charge in [0.2, 0.25) is 0 Å². The average molecular weight is 343 g/mol. The molecule has 6 heteroatoms. The lowest BCUT2D eigenvalue weighted by Crippen LogP contribution is -2.26. The summed E-state index contributed by atoms with van der Waals surface area (Å²) in [5.74, 6) is -0.163. The lowest BCUT2D eigenvalue weighted by atomic mass is 10.1. The van der Waals surface area contributed by atoms with E-state index in [9.17, 15) is 4.79 Å². The van der Waals surface area contributed by atoms with E-state index in [-0.39, 0.29) is 18.0 Å². The maximum absolute atomic E-state index is 12.5. The number of halogens is 1. The van der Waals surface area contributed by atoms with Crippen molar-refractivity contribution in [2.24, 2.45) is 0 Å². The van der Waals surface area contributed by atoms with Gasteiger partial charge in [-0.3, -0.25) is 4.79 Å². The quantitative estimate of drug-likeness (QED) is 0.774. The van der Waals surface area contributed by atoms with Crippen molar-refractivity contribution in [1.82, 2.24) is 20.1 Å². The number of nitrogens with zero attached hydrogens (tertiary/aromatic N) is 3. The van der Waals surface area contributed by atoms with Gasteiger partial charge in [-0.15, -0.1) is 0 Å². The van der Waals surface area contributed by atoms with E-state index in [1.165, 1.54) is 0 Å². The number of benzene rings is 1. The fourth-order valence-electron chi connectivity index (χ4n) is 2.56. The Hall–Kier alpha value is -2.40. The Bertz CT molecular complexity index is 870. The van der Waals surface area contributed by atoms with Crippen molar-refractivity contribution in [1.29, 1.82) is 0 Å². The number of carbonyl (C=O) groups is 1. The third-order valence-corrected chi connectivity index (χ3v) is 4.15. The number of amides is 1. The molecule has 2 heterocycles. The van der Waals surface area contributed by atoms with E-state index >= 15 is 0 Å². The lowest BCUT2D eigenvalue weighted by Gasteiger charge is -2.14. The van der Waals surface area contributed by atoms with Crippen LogP contribution >= 0.6 is 11.6 Å². The van der Waals surface area contributed by atoms with Crippen LogP contribution in [0.1, 0.15) is 48.8 Å². The smallest absolute Gasteiger partial charge is 0.253 e. The monoisotopic (exact) mass is 342 g/mol. The molecule has 1 atom stereocenters. The summed E-state index contributed by atoms with van der Waals surface area (Å²) in [6, 6.07) is 9.35. The number of pyridine rings is 1. The van der Waals surface area contributed by atoms with Crippen LogP contribution in [-0.4, -0.2) is 20.7 Å². The van der Waals surface area contributed by atoms with Gasteiger partial charge in [0.25, 0.3) is 5.91 Å². The summed E-state index contributed by atoms with van der Waals surface area (Å²) in [4.78, 5) is 16.9. The summed E-state index contributed by atoms with van der Waals surface area (Å²) >= 11 is 5.89. The molecule has 124 valence electrons. The van der Waals surface area contributed by atoms with Crippen molar-refractivity contribution in [2.45, 2.75) is 32.9 Å². The maximum atomic E-state index is 12.5. The van der Waals surface area contributed by atoms with Crippen molar-refractivity contribution < 1.29 is 4.79 Å². The van der Waals surface area contributed by atoms with E-state index in [4.69, 9.17) is 11.6 Å². The van der Waals surface area contributed by atoms with E-state index in [2.05, 4.69) is 15.4 Å². The summed E-state index contributed by atoms with van der Waals surface area (Å²) in [6.07, 6.45) is 3.33. The van der Waals surface area contributed by atoms with Gasteiger partial charge < -0.3 is 5.32 Å². The molecule has 3 rings (SSSR count). The molecule has 0 aliphatic heterocycles. The van der Waals surface area contributed by atoms with Gasteiger partial charge in [-0.05, 0) is 44.5 Å². The highest BCUT2D eigenvalue weighted by atomic mass is 35.5. The van der Waals surface area contributed by atoms with E-state index in [1.807, 2.05) is 55.8 Å². The van der Waals surface area contributed by atoms with Crippen LogP contribution in [0, 0.1) is 0 Å². The molecule has 0 spiro atoms. The second kappa shape index (κ2) is 6.61. The third kappa shape index (κ3) is 3.26. The van der Waals surface area contributed by atoms with E-state index < -0.39 is 0 Å². The van der Waals surface area contributed by atoms with Gasteiger partial charge in [-0.25, -0.2) is 9.67 Å². The number of hydrogen-bond donors (Lipinski definition) is 1. The molecule has 3 aromatic rings. The normalized spacial score (nSPS) is 12.5. The highest BCUT2D eigenvalue weighted by Gasteiger charge is 2.14. The first kappa shape index (κ1) is 16.5. The van der Waals surface area contributed by atoms with Crippen LogP contribution in [0.5, 0.6) is 0 Å². The molecule has 0 unspecified atom stereocenters. The SMILES string of the molecule is CC(C)n1ncc2cc(C(=O)N[C@H](C)c3ccc(Cl)cc3)cnc21. The minimum Gasteiger partial charge on any atom is -0.345 e. The second-order valence-corrected chi connectivity index (χ2v) is 6.50. The molecule has 0 saturated carbocycles. The second-order valence-electron chi connectivity index (χ2n) is 6.07. The molecule has 2 aromatic heterocycles. The zero-order valence-electron chi connectivity index (χ0n) is 13.8. The van der Waals surface area contributed by atoms with Crippen LogP contribution in [0.15, 0.2) is 42.7 Å². The van der Waals surface area contributed by atoms with Gasteiger partial charge in [0.1, 0.15) is 0 Å². The summed E-state index contributed by atoms with van der Waals surface area (Å²) < 4.78 is 1.84. The van der Waals surface area contributed by atoms with Crippen LogP contribution < -0.4 is 5.32 Å². The van der Waals surface area contributed by atoms with Crippen LogP contribution in [0.25, 0.3) is 11.0 Å². The molecule has 0 aliphatic rings. The third-order valence-electron chi connectivity index (χ3n) is 3.90. The lowest BCUT2D eigenvalue weighted by molar-refractivity contribution is 0.0939. The summed E-state index contributed by atoms with van der Waals surface area (Å²) in [6.45, 7) is 6.02. The first-order valence-electron chi connectivity index (χ1n) is 7.85. The molecule has 1 amide bonds. The Labute approximate surface area is 145 Å². The average Bonchev–Trinajstić information content (AvgIpc) is 2.98. The molecule has 0 aliphatic carbocycles. The zero-order chi connectivity index (χ0) is 17.3. The Balaban J connectivity index is 1.79. The number of hydrogen-bond acceptors (Lipinski definition) is 3. The largest absolute Gasteiger partial charge is 0.345 e. The zero-order valence-corrected chi connectivity index (χ0v) is 14.6. The van der Waals surface area contributed by atoms with Gasteiger partial charge in [0.15, 0.2) is 5.65 Å². The van der Waals surface area contributed by atoms with Crippen molar-refractivity contribution >= 4 is 28.5 Å². The van der Waals surface area contributed by atoms with Gasteiger partial charge in [-0.1, -0.05) is 23.7 Å². The molecule has 1 N–H and O–H groups in total. The summed E-state index contributed by atoms with van der Waals surface area (Å²) in [5.41, 5.74) is 2.30. The molecule has 0 saturated heterocycles. The molecule has 5 nitrogen and oxygen atoms in total. The van der Waals surface area contributed by atoms with Crippen molar-refractivity contribution in [2.75, 3.05) is 0 Å². The minimum absolute atomic E-state index is 0.121. The number of rotatable bonds is 4. The fourth-order valence-corrected chi connectivity index (χ4v) is 2.68. The van der Waals surface area contributed by atoms with Crippen LogP contribution in [0.2, 0.25) is 5.02 Å². The van der Waals surface area contributed by atoms with E-state index in [0.717, 1.165) is 16.6 Å². The van der Waals surface area contributed by atoms with Crippen molar-refractivity contribution in [3.63, 3.8) is 0 Å². The number of fused-ring (bicyclic) bond motifs is 1. The molecular weight excluding hydrogens is 324 g/mol. The van der Waals surface area contributed by atoms with Gasteiger partial charge in [0, 0.05) is 22.6 Å². The molecule has 0 fully saturated rings. The first-order valence-corrected chi connectivity index (χ1v) is 8.23. The topological polar surface area (TPSA) is 59.8 Å². The van der Waals surface area contributed by atoms with Crippen molar-refractivity contribution in [3.05, 3.63) is 58.9 Å². The van der Waals surface area contributed by atoms with E-state index in [0.29, 0.717) is 10.6 Å². The van der Waals surface area contributed by atoms with E-state index in [1.54, 1.807) is 12.4 Å². The van der Waals surface area contributed by atoms with Crippen LogP contribution in [-0.2, 0) is 0 Å². The van der Waals surface area contributed by atoms with Crippen LogP contribution in [0.3, 0.4) is 0 Å². The molecular formula is C18H19ClN4O. The highest BCUT2D eigenvalue weighted by Crippen LogP contribution is 2.19. The molecule has 0 radical (unpaired) electrons. The molecule has 1 aromatic carbocycles. The first-order chi connectivity index (χ1) is 11.5. The summed E-state index contributed by atoms with van der Waals surface area (Å²) in [5, 5.41) is 8.83. The predicted molar refractivity (Wildman–Crippen MR) is 95.2 cm³/mol. The van der Waals surface area contributed by atoms with Crippen LogP contribution in [0.4, 0.5) is 0 Å². The van der Waals surface area contributed by atoms with Gasteiger partial charge >= 0.3 is 0 Å². The Morgan fingerprint density at radius 1 is 1.17 bits per heavy atom. The number of nitrogens with one attached hydrogen (secondary N) is 1. The molecule has 24 heavy (non-hydrogen) atoms. The number of aromatic nitrogens is 3. The van der Waals surface area contributed by atoms with Gasteiger partial charge in [0.05, 0.1) is 17.8 Å². The van der Waals surface area contributed by atoms with Crippen molar-refractivity contribution in [3.8, 4) is 0 Å². The Morgan fingerprint density at radius 3 is 2.54 bits per heavy atom. The standard InChI is InChI=1S/C18H19ClN4O/c1-11(2)23-17-14(10-21-23)8-15(9-20-17)18(24)22-12(3)13-4-6-16(19)7-5-13/h4-12H,1-3H3,(H,22,24)/t12-/m1/s1. The molecule has 0 bridgehead atoms. The minimum atomic E-state index is -0.163. The number of carbonyl (C=O) groups excluding carboxylic acids is 1. The fraction of sp³-hybridized carbons (Fsp3) is 0.278. The van der Waals surface area contributed by atoms with Gasteiger partial charge in [-0.2, -0.15) is 5.10 Å². The maximum Gasteiger partial charge on any atom is 0.253 e. The predicted octanol–water partition coefficient (Wildman–Crippen LogP) is 4.16. The Kier molecular flexibility index (Phi) is 4.53. The Morgan fingerprint density at radius 2 is 1.88 bits per heavy atom. The highest BCUT2D eigenvalue weighted by molar-refractivity contribution is 6.30.